The van der Waals surface area contributed by atoms with Gasteiger partial charge < -0.3 is 15.3 Å². The molecule has 0 saturated carbocycles. The third-order valence-electron chi connectivity index (χ3n) is 3.89. The number of carbonyl (C=O) groups excluding carboxylic acids is 2. The Labute approximate surface area is 137 Å². The molecular weight excluding hydrogens is 322 g/mol. The quantitative estimate of drug-likeness (QED) is 0.825. The zero-order chi connectivity index (χ0) is 17.9. The van der Waals surface area contributed by atoms with Gasteiger partial charge in [-0.05, 0) is 18.6 Å². The van der Waals surface area contributed by atoms with Crippen LogP contribution in [-0.2, 0) is 14.4 Å². The highest BCUT2D eigenvalue weighted by Crippen LogP contribution is 2.28. The predicted molar refractivity (Wildman–Crippen MR) is 81.3 cm³/mol. The summed E-state index contributed by atoms with van der Waals surface area (Å²) in [4.78, 5) is 36.4. The fourth-order valence-electron chi connectivity index (χ4n) is 2.65. The summed E-state index contributed by atoms with van der Waals surface area (Å²) in [5.74, 6) is -4.60. The van der Waals surface area contributed by atoms with Crippen LogP contribution >= 0.6 is 0 Å². The molecule has 1 aliphatic heterocycles. The van der Waals surface area contributed by atoms with E-state index in [1.165, 1.54) is 0 Å². The third kappa shape index (κ3) is 3.87. The van der Waals surface area contributed by atoms with Crippen LogP contribution in [-0.4, -0.2) is 35.5 Å². The van der Waals surface area contributed by atoms with Gasteiger partial charge in [0.25, 0.3) is 0 Å². The van der Waals surface area contributed by atoms with E-state index in [2.05, 4.69) is 5.32 Å². The standard InChI is InChI=1S/C16H18F2N2O4/c1-2-3-12(16(23)24)19-15(22)9-6-14(21)20(8-9)13-5-4-10(17)7-11(13)18/h4-5,7,9,12H,2-3,6,8H2,1H3,(H,19,22)(H,23,24). The number of aliphatic carboxylic acids is 1. The van der Waals surface area contributed by atoms with E-state index in [1.54, 1.807) is 6.92 Å². The van der Waals surface area contributed by atoms with E-state index in [1.807, 2.05) is 0 Å². The maximum atomic E-state index is 13.8. The molecule has 2 amide bonds. The van der Waals surface area contributed by atoms with Gasteiger partial charge in [-0.15, -0.1) is 0 Å². The number of rotatable bonds is 6. The van der Waals surface area contributed by atoms with E-state index in [0.29, 0.717) is 12.5 Å². The monoisotopic (exact) mass is 340 g/mol. The van der Waals surface area contributed by atoms with Crippen molar-refractivity contribution >= 4 is 23.5 Å². The molecule has 0 bridgehead atoms. The highest BCUT2D eigenvalue weighted by molar-refractivity contribution is 6.00. The fourth-order valence-corrected chi connectivity index (χ4v) is 2.65. The van der Waals surface area contributed by atoms with Crippen LogP contribution in [0.25, 0.3) is 0 Å². The molecule has 0 radical (unpaired) electrons. The largest absolute Gasteiger partial charge is 0.480 e. The van der Waals surface area contributed by atoms with Crippen LogP contribution in [0.2, 0.25) is 0 Å². The van der Waals surface area contributed by atoms with Crippen molar-refractivity contribution in [2.75, 3.05) is 11.4 Å². The lowest BCUT2D eigenvalue weighted by atomic mass is 10.1. The van der Waals surface area contributed by atoms with Crippen molar-refractivity contribution in [1.82, 2.24) is 5.32 Å². The van der Waals surface area contributed by atoms with Crippen LogP contribution in [0.15, 0.2) is 18.2 Å². The lowest BCUT2D eigenvalue weighted by Gasteiger charge is -2.19. The fraction of sp³-hybridized carbons (Fsp3) is 0.438. The van der Waals surface area contributed by atoms with Gasteiger partial charge in [0, 0.05) is 19.0 Å². The van der Waals surface area contributed by atoms with Gasteiger partial charge in [0.2, 0.25) is 11.8 Å². The SMILES string of the molecule is CCCC(NC(=O)C1CC(=O)N(c2ccc(F)cc2F)C1)C(=O)O. The lowest BCUT2D eigenvalue weighted by Crippen LogP contribution is -2.44. The summed E-state index contributed by atoms with van der Waals surface area (Å²) >= 11 is 0. The summed E-state index contributed by atoms with van der Waals surface area (Å²) in [5, 5.41) is 11.5. The third-order valence-corrected chi connectivity index (χ3v) is 3.89. The van der Waals surface area contributed by atoms with Crippen molar-refractivity contribution in [3.63, 3.8) is 0 Å². The van der Waals surface area contributed by atoms with Crippen LogP contribution in [0, 0.1) is 17.6 Å². The molecule has 0 aromatic heterocycles. The van der Waals surface area contributed by atoms with Crippen molar-refractivity contribution in [2.24, 2.45) is 5.92 Å². The molecule has 130 valence electrons. The Balaban J connectivity index is 2.08. The number of amides is 2. The van der Waals surface area contributed by atoms with Gasteiger partial charge in [-0.1, -0.05) is 13.3 Å². The molecule has 1 aromatic carbocycles. The van der Waals surface area contributed by atoms with Crippen LogP contribution < -0.4 is 10.2 Å². The second kappa shape index (κ2) is 7.37. The number of carboxylic acid groups (broad SMARTS) is 1. The van der Waals surface area contributed by atoms with Crippen molar-refractivity contribution in [1.29, 1.82) is 0 Å². The van der Waals surface area contributed by atoms with Gasteiger partial charge in [0.15, 0.2) is 0 Å². The number of halogens is 2. The van der Waals surface area contributed by atoms with Crippen LogP contribution in [0.3, 0.4) is 0 Å². The normalized spacial score (nSPS) is 18.5. The zero-order valence-electron chi connectivity index (χ0n) is 13.1. The number of nitrogens with zero attached hydrogens (tertiary/aromatic N) is 1. The van der Waals surface area contributed by atoms with Gasteiger partial charge in [-0.25, -0.2) is 13.6 Å². The molecule has 1 aromatic rings. The number of carbonyl (C=O) groups is 3. The first-order valence-corrected chi connectivity index (χ1v) is 7.62. The Kier molecular flexibility index (Phi) is 5.48. The Morgan fingerprint density at radius 1 is 1.42 bits per heavy atom. The smallest absolute Gasteiger partial charge is 0.326 e. The Morgan fingerprint density at radius 3 is 2.71 bits per heavy atom. The maximum Gasteiger partial charge on any atom is 0.326 e. The highest BCUT2D eigenvalue weighted by atomic mass is 19.1. The Morgan fingerprint density at radius 2 is 2.12 bits per heavy atom. The molecule has 24 heavy (non-hydrogen) atoms. The lowest BCUT2D eigenvalue weighted by molar-refractivity contribution is -0.142. The molecule has 2 rings (SSSR count). The maximum absolute atomic E-state index is 13.8. The highest BCUT2D eigenvalue weighted by Gasteiger charge is 2.37. The molecule has 1 heterocycles. The van der Waals surface area contributed by atoms with E-state index < -0.39 is 41.4 Å². The molecular formula is C16H18F2N2O4. The van der Waals surface area contributed by atoms with E-state index in [9.17, 15) is 23.2 Å². The number of carboxylic acids is 1. The van der Waals surface area contributed by atoms with Crippen LogP contribution in [0.1, 0.15) is 26.2 Å². The van der Waals surface area contributed by atoms with Gasteiger partial charge in [-0.2, -0.15) is 0 Å². The summed E-state index contributed by atoms with van der Waals surface area (Å²) in [7, 11) is 0. The molecule has 8 heteroatoms. The van der Waals surface area contributed by atoms with E-state index in [0.717, 1.165) is 17.0 Å². The van der Waals surface area contributed by atoms with Crippen molar-refractivity contribution in [2.45, 2.75) is 32.2 Å². The molecule has 1 aliphatic rings. The summed E-state index contributed by atoms with van der Waals surface area (Å²) in [6.07, 6.45) is 0.701. The van der Waals surface area contributed by atoms with E-state index in [-0.39, 0.29) is 25.1 Å². The minimum Gasteiger partial charge on any atom is -0.480 e. The molecule has 1 saturated heterocycles. The summed E-state index contributed by atoms with van der Waals surface area (Å²) in [6, 6.07) is 1.81. The minimum absolute atomic E-state index is 0.0777. The minimum atomic E-state index is -1.14. The van der Waals surface area contributed by atoms with Gasteiger partial charge >= 0.3 is 5.97 Å². The predicted octanol–water partition coefficient (Wildman–Crippen LogP) is 1.69. The first-order chi connectivity index (χ1) is 11.3. The molecule has 2 N–H and O–H groups in total. The molecule has 1 fully saturated rings. The molecule has 2 atom stereocenters. The number of anilines is 1. The number of benzene rings is 1. The van der Waals surface area contributed by atoms with Crippen molar-refractivity contribution in [3.8, 4) is 0 Å². The average molecular weight is 340 g/mol. The van der Waals surface area contributed by atoms with Crippen molar-refractivity contribution < 1.29 is 28.3 Å². The average Bonchev–Trinajstić information content (AvgIpc) is 2.88. The van der Waals surface area contributed by atoms with Crippen molar-refractivity contribution in [3.05, 3.63) is 29.8 Å². The Bertz CT molecular complexity index is 665. The molecule has 0 aliphatic carbocycles. The first kappa shape index (κ1) is 17.8. The van der Waals surface area contributed by atoms with Gasteiger partial charge in [-0.3, -0.25) is 9.59 Å². The van der Waals surface area contributed by atoms with Crippen LogP contribution in [0.5, 0.6) is 0 Å². The van der Waals surface area contributed by atoms with Gasteiger partial charge in [0.1, 0.15) is 17.7 Å². The number of hydrogen-bond acceptors (Lipinski definition) is 3. The molecule has 0 spiro atoms. The zero-order valence-corrected chi connectivity index (χ0v) is 13.1. The molecule has 6 nitrogen and oxygen atoms in total. The number of hydrogen-bond donors (Lipinski definition) is 2. The summed E-state index contributed by atoms with van der Waals surface area (Å²) in [5.41, 5.74) is -0.0972. The molecule has 2 unspecified atom stereocenters. The second-order valence-electron chi connectivity index (χ2n) is 5.69. The summed E-state index contributed by atoms with van der Waals surface area (Å²) in [6.45, 7) is 1.71. The number of nitrogens with one attached hydrogen (secondary N) is 1. The second-order valence-corrected chi connectivity index (χ2v) is 5.69. The topological polar surface area (TPSA) is 86.7 Å². The van der Waals surface area contributed by atoms with Gasteiger partial charge in [0.05, 0.1) is 11.6 Å². The van der Waals surface area contributed by atoms with Crippen LogP contribution in [0.4, 0.5) is 14.5 Å². The van der Waals surface area contributed by atoms with E-state index >= 15 is 0 Å². The Hall–Kier alpha value is -2.51. The summed E-state index contributed by atoms with van der Waals surface area (Å²) < 4.78 is 26.8. The first-order valence-electron chi connectivity index (χ1n) is 7.62. The van der Waals surface area contributed by atoms with E-state index in [4.69, 9.17) is 5.11 Å².